The van der Waals surface area contributed by atoms with Crippen LogP contribution in [0.15, 0.2) is 24.3 Å². The zero-order valence-electron chi connectivity index (χ0n) is 17.0. The maximum atomic E-state index is 12.5. The standard InChI is InChI=1S/C23H33N3O2/c1-16(27)17-7-5-8-18(13-17)24-23(28)25-19-14-21-11-6-12-22(15-19)26(21)20-9-3-2-4-10-20/h5,7-8,13,19-22H,2-4,6,9-12,14-15H2,1H3,(H2,24,25,28)/t21-,22-/m0/s1. The van der Waals surface area contributed by atoms with Gasteiger partial charge < -0.3 is 10.6 Å². The van der Waals surface area contributed by atoms with Gasteiger partial charge in [-0.2, -0.15) is 0 Å². The SMILES string of the molecule is CC(=O)c1cccc(NC(=O)NC2C[C@@H]3CCC[C@@H](C2)N3C2CCCCC2)c1. The van der Waals surface area contributed by atoms with E-state index < -0.39 is 0 Å². The van der Waals surface area contributed by atoms with Crippen LogP contribution >= 0.6 is 0 Å². The number of piperidine rings is 2. The molecule has 3 aliphatic rings. The molecule has 0 spiro atoms. The largest absolute Gasteiger partial charge is 0.335 e. The normalized spacial score (nSPS) is 28.5. The van der Waals surface area contributed by atoms with Crippen molar-refractivity contribution < 1.29 is 9.59 Å². The van der Waals surface area contributed by atoms with Gasteiger partial charge in [-0.3, -0.25) is 9.69 Å². The van der Waals surface area contributed by atoms with Crippen LogP contribution in [0.1, 0.15) is 81.5 Å². The Balaban J connectivity index is 1.35. The highest BCUT2D eigenvalue weighted by Gasteiger charge is 2.42. The van der Waals surface area contributed by atoms with Gasteiger partial charge in [0.2, 0.25) is 0 Å². The Morgan fingerprint density at radius 2 is 1.61 bits per heavy atom. The number of hydrogen-bond donors (Lipinski definition) is 2. The molecule has 4 rings (SSSR count). The summed E-state index contributed by atoms with van der Waals surface area (Å²) in [6, 6.07) is 9.25. The molecule has 152 valence electrons. The molecule has 2 heterocycles. The third-order valence-corrected chi connectivity index (χ3v) is 6.89. The van der Waals surface area contributed by atoms with Crippen LogP contribution in [0.4, 0.5) is 10.5 Å². The zero-order chi connectivity index (χ0) is 19.5. The Bertz CT molecular complexity index is 700. The van der Waals surface area contributed by atoms with Crippen molar-refractivity contribution >= 4 is 17.5 Å². The second-order valence-electron chi connectivity index (χ2n) is 8.88. The molecule has 5 nitrogen and oxygen atoms in total. The second-order valence-corrected chi connectivity index (χ2v) is 8.88. The molecule has 2 bridgehead atoms. The molecule has 2 N–H and O–H groups in total. The fourth-order valence-corrected chi connectivity index (χ4v) is 5.68. The van der Waals surface area contributed by atoms with E-state index in [1.807, 2.05) is 6.07 Å². The molecule has 3 fully saturated rings. The summed E-state index contributed by atoms with van der Waals surface area (Å²) in [4.78, 5) is 26.9. The third kappa shape index (κ3) is 4.40. The van der Waals surface area contributed by atoms with E-state index in [-0.39, 0.29) is 17.9 Å². The van der Waals surface area contributed by atoms with Crippen molar-refractivity contribution in [1.29, 1.82) is 0 Å². The van der Waals surface area contributed by atoms with Gasteiger partial charge in [-0.25, -0.2) is 4.79 Å². The number of carbonyl (C=O) groups excluding carboxylic acids is 2. The van der Waals surface area contributed by atoms with Crippen LogP contribution in [0, 0.1) is 0 Å². The molecule has 0 radical (unpaired) electrons. The molecule has 28 heavy (non-hydrogen) atoms. The fraction of sp³-hybridized carbons (Fsp3) is 0.652. The maximum Gasteiger partial charge on any atom is 0.319 e. The van der Waals surface area contributed by atoms with E-state index in [1.165, 1.54) is 58.3 Å². The van der Waals surface area contributed by atoms with E-state index in [1.54, 1.807) is 18.2 Å². The summed E-state index contributed by atoms with van der Waals surface area (Å²) in [5, 5.41) is 6.12. The summed E-state index contributed by atoms with van der Waals surface area (Å²) in [5.74, 6) is 0.00645. The van der Waals surface area contributed by atoms with Crippen LogP contribution in [-0.4, -0.2) is 40.9 Å². The van der Waals surface area contributed by atoms with Gasteiger partial charge in [0, 0.05) is 35.4 Å². The number of hydrogen-bond acceptors (Lipinski definition) is 3. The van der Waals surface area contributed by atoms with Gasteiger partial charge in [-0.05, 0) is 57.6 Å². The average molecular weight is 384 g/mol. The number of nitrogens with one attached hydrogen (secondary N) is 2. The quantitative estimate of drug-likeness (QED) is 0.739. The van der Waals surface area contributed by atoms with Crippen LogP contribution < -0.4 is 10.6 Å². The van der Waals surface area contributed by atoms with E-state index in [9.17, 15) is 9.59 Å². The Morgan fingerprint density at radius 3 is 2.29 bits per heavy atom. The smallest absolute Gasteiger partial charge is 0.319 e. The highest BCUT2D eigenvalue weighted by atomic mass is 16.2. The lowest BCUT2D eigenvalue weighted by Crippen LogP contribution is -2.60. The van der Waals surface area contributed by atoms with E-state index in [0.29, 0.717) is 23.3 Å². The zero-order valence-corrected chi connectivity index (χ0v) is 17.0. The van der Waals surface area contributed by atoms with Crippen molar-refractivity contribution in [1.82, 2.24) is 10.2 Å². The predicted octanol–water partition coefficient (Wildman–Crippen LogP) is 4.73. The summed E-state index contributed by atoms with van der Waals surface area (Å²) < 4.78 is 0. The van der Waals surface area contributed by atoms with Crippen LogP contribution in [0.25, 0.3) is 0 Å². The minimum atomic E-state index is -0.158. The topological polar surface area (TPSA) is 61.4 Å². The van der Waals surface area contributed by atoms with E-state index in [2.05, 4.69) is 15.5 Å². The third-order valence-electron chi connectivity index (χ3n) is 6.89. The Labute approximate surface area is 168 Å². The number of anilines is 1. The molecule has 2 atom stereocenters. The van der Waals surface area contributed by atoms with Crippen molar-refractivity contribution in [2.45, 2.75) is 95.3 Å². The van der Waals surface area contributed by atoms with Crippen LogP contribution in [0.2, 0.25) is 0 Å². The molecule has 0 unspecified atom stereocenters. The van der Waals surface area contributed by atoms with Gasteiger partial charge in [0.25, 0.3) is 0 Å². The number of Topliss-reactive ketones (excluding diaryl/α,β-unsaturated/α-hetero) is 1. The molecule has 0 aromatic heterocycles. The van der Waals surface area contributed by atoms with E-state index >= 15 is 0 Å². The first-order valence-corrected chi connectivity index (χ1v) is 11.1. The van der Waals surface area contributed by atoms with Crippen molar-refractivity contribution in [3.05, 3.63) is 29.8 Å². The molecule has 5 heteroatoms. The number of urea groups is 1. The molecule has 1 saturated carbocycles. The minimum absolute atomic E-state index is 0.00645. The highest BCUT2D eigenvalue weighted by molar-refractivity contribution is 5.96. The van der Waals surface area contributed by atoms with E-state index in [0.717, 1.165) is 18.9 Å². The molecule has 1 aromatic carbocycles. The van der Waals surface area contributed by atoms with Gasteiger partial charge in [-0.15, -0.1) is 0 Å². The molecular weight excluding hydrogens is 350 g/mol. The Morgan fingerprint density at radius 1 is 0.929 bits per heavy atom. The lowest BCUT2D eigenvalue weighted by Gasteiger charge is -2.53. The predicted molar refractivity (Wildman–Crippen MR) is 112 cm³/mol. The van der Waals surface area contributed by atoms with Crippen molar-refractivity contribution in [3.8, 4) is 0 Å². The fourth-order valence-electron chi connectivity index (χ4n) is 5.68. The first-order valence-electron chi connectivity index (χ1n) is 11.1. The number of fused-ring (bicyclic) bond motifs is 2. The summed E-state index contributed by atoms with van der Waals surface area (Å²) in [7, 11) is 0. The van der Waals surface area contributed by atoms with E-state index in [4.69, 9.17) is 0 Å². The van der Waals surface area contributed by atoms with Gasteiger partial charge in [0.1, 0.15) is 0 Å². The van der Waals surface area contributed by atoms with Crippen molar-refractivity contribution in [2.24, 2.45) is 0 Å². The number of ketones is 1. The molecule has 2 saturated heterocycles. The average Bonchev–Trinajstić information content (AvgIpc) is 2.68. The first kappa shape index (κ1) is 19.4. The summed E-state index contributed by atoms with van der Waals surface area (Å²) in [6.45, 7) is 1.54. The van der Waals surface area contributed by atoms with Crippen LogP contribution in [0.3, 0.4) is 0 Å². The molecule has 2 amide bonds. The summed E-state index contributed by atoms with van der Waals surface area (Å²) >= 11 is 0. The molecule has 2 aliphatic heterocycles. The number of nitrogens with zero attached hydrogens (tertiary/aromatic N) is 1. The van der Waals surface area contributed by atoms with Crippen molar-refractivity contribution in [3.63, 3.8) is 0 Å². The minimum Gasteiger partial charge on any atom is -0.335 e. The lowest BCUT2D eigenvalue weighted by atomic mass is 9.78. The summed E-state index contributed by atoms with van der Waals surface area (Å²) in [5.41, 5.74) is 1.29. The van der Waals surface area contributed by atoms with Gasteiger partial charge in [0.05, 0.1) is 0 Å². The summed E-state index contributed by atoms with van der Waals surface area (Å²) in [6.07, 6.45) is 12.9. The van der Waals surface area contributed by atoms with Crippen LogP contribution in [0.5, 0.6) is 0 Å². The molecule has 1 aromatic rings. The van der Waals surface area contributed by atoms with Crippen molar-refractivity contribution in [2.75, 3.05) is 5.32 Å². The number of amides is 2. The second kappa shape index (κ2) is 8.64. The van der Waals surface area contributed by atoms with Gasteiger partial charge in [-0.1, -0.05) is 37.8 Å². The lowest BCUT2D eigenvalue weighted by molar-refractivity contribution is -0.0202. The first-order chi connectivity index (χ1) is 13.6. The molecular formula is C23H33N3O2. The molecule has 1 aliphatic carbocycles. The Hall–Kier alpha value is -1.88. The van der Waals surface area contributed by atoms with Gasteiger partial charge in [0.15, 0.2) is 5.78 Å². The highest BCUT2D eigenvalue weighted by Crippen LogP contribution is 2.39. The maximum absolute atomic E-state index is 12.5. The van der Waals surface area contributed by atoms with Crippen LogP contribution in [-0.2, 0) is 0 Å². The number of carbonyl (C=O) groups is 2. The number of rotatable bonds is 4. The van der Waals surface area contributed by atoms with Gasteiger partial charge >= 0.3 is 6.03 Å². The monoisotopic (exact) mass is 383 g/mol. The number of benzene rings is 1. The Kier molecular flexibility index (Phi) is 6.00.